The first-order valence-electron chi connectivity index (χ1n) is 4.46. The van der Waals surface area contributed by atoms with Crippen LogP contribution in [0.2, 0.25) is 0 Å². The van der Waals surface area contributed by atoms with Crippen LogP contribution >= 0.6 is 0 Å². The Morgan fingerprint density at radius 2 is 1.94 bits per heavy atom. The number of benzene rings is 1. The van der Waals surface area contributed by atoms with Crippen LogP contribution < -0.4 is 0 Å². The van der Waals surface area contributed by atoms with E-state index in [1.54, 1.807) is 0 Å². The molecular formula is C11H10O5. The molecule has 1 aromatic carbocycles. The van der Waals surface area contributed by atoms with Gasteiger partial charge in [-0.15, -0.1) is 0 Å². The molecule has 84 valence electrons. The zero-order chi connectivity index (χ0) is 12.5. The molecule has 0 aliphatic rings. The molecule has 0 amide bonds. The van der Waals surface area contributed by atoms with E-state index in [0.717, 1.165) is 0 Å². The van der Waals surface area contributed by atoms with Gasteiger partial charge in [-0.2, -0.15) is 0 Å². The number of hydrogen-bond donors (Lipinski definition) is 2. The second-order valence-corrected chi connectivity index (χ2v) is 3.36. The molecule has 1 rings (SSSR count). The van der Waals surface area contributed by atoms with Crippen molar-refractivity contribution in [1.82, 2.24) is 0 Å². The van der Waals surface area contributed by atoms with E-state index < -0.39 is 17.5 Å². The van der Waals surface area contributed by atoms with Crippen LogP contribution in [-0.4, -0.2) is 28.3 Å². The molecule has 0 atom stereocenters. The average Bonchev–Trinajstić information content (AvgIpc) is 2.16. The topological polar surface area (TPSA) is 91.7 Å². The normalized spacial score (nSPS) is 9.88. The van der Waals surface area contributed by atoms with Crippen LogP contribution in [0.5, 0.6) is 5.75 Å². The number of aldehydes is 1. The van der Waals surface area contributed by atoms with Gasteiger partial charge in [0.25, 0.3) is 0 Å². The van der Waals surface area contributed by atoms with Crippen molar-refractivity contribution in [3.05, 3.63) is 28.3 Å². The molecule has 0 heterocycles. The van der Waals surface area contributed by atoms with Crippen molar-refractivity contribution in [2.45, 2.75) is 13.8 Å². The van der Waals surface area contributed by atoms with E-state index in [1.807, 2.05) is 0 Å². The SMILES string of the molecule is CC(=O)c1cc(C)c(C(=O)O)c(O)c1C=O. The Bertz CT molecular complexity index is 488. The van der Waals surface area contributed by atoms with E-state index in [9.17, 15) is 19.5 Å². The molecule has 16 heavy (non-hydrogen) atoms. The Morgan fingerprint density at radius 1 is 1.38 bits per heavy atom. The fourth-order valence-electron chi connectivity index (χ4n) is 1.50. The molecule has 0 aliphatic heterocycles. The Kier molecular flexibility index (Phi) is 3.08. The van der Waals surface area contributed by atoms with E-state index in [-0.39, 0.29) is 28.5 Å². The largest absolute Gasteiger partial charge is 0.506 e. The van der Waals surface area contributed by atoms with Gasteiger partial charge < -0.3 is 10.2 Å². The van der Waals surface area contributed by atoms with Gasteiger partial charge in [0.15, 0.2) is 12.1 Å². The summed E-state index contributed by atoms with van der Waals surface area (Å²) in [6.45, 7) is 2.69. The number of aromatic hydroxyl groups is 1. The number of carboxylic acids is 1. The molecule has 5 nitrogen and oxygen atoms in total. The maximum absolute atomic E-state index is 11.2. The minimum absolute atomic E-state index is 0.0231. The number of rotatable bonds is 3. The summed E-state index contributed by atoms with van der Waals surface area (Å²) in [5.74, 6) is -2.40. The summed E-state index contributed by atoms with van der Waals surface area (Å²) in [7, 11) is 0. The Labute approximate surface area is 91.3 Å². The maximum Gasteiger partial charge on any atom is 0.339 e. The summed E-state index contributed by atoms with van der Waals surface area (Å²) in [6.07, 6.45) is 0.276. The van der Waals surface area contributed by atoms with Crippen LogP contribution in [0.15, 0.2) is 6.07 Å². The number of carbonyl (C=O) groups excluding carboxylic acids is 2. The van der Waals surface area contributed by atoms with Gasteiger partial charge in [0.2, 0.25) is 0 Å². The first kappa shape index (κ1) is 11.9. The summed E-state index contributed by atoms with van der Waals surface area (Å²) in [4.78, 5) is 32.8. The van der Waals surface area contributed by atoms with Crippen molar-refractivity contribution in [3.8, 4) is 5.75 Å². The third-order valence-electron chi connectivity index (χ3n) is 2.25. The van der Waals surface area contributed by atoms with Gasteiger partial charge >= 0.3 is 5.97 Å². The van der Waals surface area contributed by atoms with E-state index in [1.165, 1.54) is 19.9 Å². The quantitative estimate of drug-likeness (QED) is 0.596. The molecule has 2 N–H and O–H groups in total. The molecule has 0 spiro atoms. The summed E-state index contributed by atoms with van der Waals surface area (Å²) in [5, 5.41) is 18.4. The number of aromatic carboxylic acids is 1. The van der Waals surface area contributed by atoms with Crippen LogP contribution in [0.25, 0.3) is 0 Å². The molecule has 0 bridgehead atoms. The highest BCUT2D eigenvalue weighted by Crippen LogP contribution is 2.28. The van der Waals surface area contributed by atoms with Gasteiger partial charge in [-0.25, -0.2) is 4.79 Å². The van der Waals surface area contributed by atoms with E-state index in [4.69, 9.17) is 5.11 Å². The summed E-state index contributed by atoms with van der Waals surface area (Å²) >= 11 is 0. The van der Waals surface area contributed by atoms with E-state index in [2.05, 4.69) is 0 Å². The first-order chi connectivity index (χ1) is 7.40. The molecule has 0 aliphatic carbocycles. The lowest BCUT2D eigenvalue weighted by Crippen LogP contribution is -2.07. The second kappa shape index (κ2) is 4.14. The lowest BCUT2D eigenvalue weighted by atomic mass is 9.96. The minimum Gasteiger partial charge on any atom is -0.506 e. The minimum atomic E-state index is -1.34. The van der Waals surface area contributed by atoms with Gasteiger partial charge in [-0.05, 0) is 25.5 Å². The van der Waals surface area contributed by atoms with Crippen molar-refractivity contribution in [1.29, 1.82) is 0 Å². The highest BCUT2D eigenvalue weighted by molar-refractivity contribution is 6.06. The van der Waals surface area contributed by atoms with Crippen molar-refractivity contribution in [2.24, 2.45) is 0 Å². The Morgan fingerprint density at radius 3 is 2.31 bits per heavy atom. The first-order valence-corrected chi connectivity index (χ1v) is 4.46. The fourth-order valence-corrected chi connectivity index (χ4v) is 1.50. The summed E-state index contributed by atoms with van der Waals surface area (Å²) < 4.78 is 0. The van der Waals surface area contributed by atoms with E-state index >= 15 is 0 Å². The fraction of sp³-hybridized carbons (Fsp3) is 0.182. The van der Waals surface area contributed by atoms with Crippen molar-refractivity contribution < 1.29 is 24.6 Å². The second-order valence-electron chi connectivity index (χ2n) is 3.36. The number of carboxylic acid groups (broad SMARTS) is 1. The highest BCUT2D eigenvalue weighted by atomic mass is 16.4. The van der Waals surface area contributed by atoms with Gasteiger partial charge in [-0.3, -0.25) is 9.59 Å². The van der Waals surface area contributed by atoms with E-state index in [0.29, 0.717) is 0 Å². The van der Waals surface area contributed by atoms with Gasteiger partial charge in [-0.1, -0.05) is 0 Å². The lowest BCUT2D eigenvalue weighted by molar-refractivity contribution is 0.0692. The molecule has 0 saturated heterocycles. The number of aryl methyl sites for hydroxylation is 1. The maximum atomic E-state index is 11.2. The predicted molar refractivity (Wildman–Crippen MR) is 55.2 cm³/mol. The molecule has 1 aromatic rings. The smallest absolute Gasteiger partial charge is 0.339 e. The molecule has 0 fully saturated rings. The molecule has 0 radical (unpaired) electrons. The Balaban J connectivity index is 3.69. The third-order valence-corrected chi connectivity index (χ3v) is 2.25. The van der Waals surface area contributed by atoms with Gasteiger partial charge in [0.05, 0.1) is 5.56 Å². The van der Waals surface area contributed by atoms with Crippen molar-refractivity contribution in [2.75, 3.05) is 0 Å². The van der Waals surface area contributed by atoms with Gasteiger partial charge in [0, 0.05) is 5.56 Å². The number of Topliss-reactive ketones (excluding diaryl/α,β-unsaturated/α-hetero) is 1. The number of phenols is 1. The van der Waals surface area contributed by atoms with Gasteiger partial charge in [0.1, 0.15) is 11.3 Å². The van der Waals surface area contributed by atoms with Crippen LogP contribution in [0.3, 0.4) is 0 Å². The third kappa shape index (κ3) is 1.79. The highest BCUT2D eigenvalue weighted by Gasteiger charge is 2.21. The van der Waals surface area contributed by atoms with Crippen LogP contribution in [0.4, 0.5) is 0 Å². The Hall–Kier alpha value is -2.17. The molecule has 0 aromatic heterocycles. The average molecular weight is 222 g/mol. The molecule has 5 heteroatoms. The standard InChI is InChI=1S/C11H10O5/c1-5-3-7(6(2)13)8(4-12)10(14)9(5)11(15)16/h3-4,14H,1-2H3,(H,15,16). The van der Waals surface area contributed by atoms with Crippen LogP contribution in [0, 0.1) is 6.92 Å². The zero-order valence-electron chi connectivity index (χ0n) is 8.77. The summed E-state index contributed by atoms with van der Waals surface area (Å²) in [6, 6.07) is 1.29. The molecular weight excluding hydrogens is 212 g/mol. The molecule has 0 saturated carbocycles. The monoisotopic (exact) mass is 222 g/mol. The zero-order valence-corrected chi connectivity index (χ0v) is 8.77. The van der Waals surface area contributed by atoms with Crippen molar-refractivity contribution >= 4 is 18.0 Å². The predicted octanol–water partition coefficient (Wildman–Crippen LogP) is 1.41. The van der Waals surface area contributed by atoms with Crippen molar-refractivity contribution in [3.63, 3.8) is 0 Å². The summed E-state index contributed by atoms with van der Waals surface area (Å²) in [5.41, 5.74) is -0.376. The van der Waals surface area contributed by atoms with Crippen LogP contribution in [-0.2, 0) is 0 Å². The number of ketones is 1. The number of hydrogen-bond acceptors (Lipinski definition) is 4. The molecule has 0 unspecified atom stereocenters. The lowest BCUT2D eigenvalue weighted by Gasteiger charge is -2.09. The van der Waals surface area contributed by atoms with Crippen LogP contribution in [0.1, 0.15) is 43.6 Å². The number of carbonyl (C=O) groups is 3.